The fourth-order valence-corrected chi connectivity index (χ4v) is 4.89. The number of nitrogens with one attached hydrogen (secondary N) is 2. The van der Waals surface area contributed by atoms with Crippen molar-refractivity contribution in [3.05, 3.63) is 34.7 Å². The second-order valence-electron chi connectivity index (χ2n) is 6.49. The van der Waals surface area contributed by atoms with Crippen molar-refractivity contribution in [2.45, 2.75) is 43.6 Å². The summed E-state index contributed by atoms with van der Waals surface area (Å²) < 4.78 is 39.6. The zero-order valence-electron chi connectivity index (χ0n) is 13.0. The van der Waals surface area contributed by atoms with Gasteiger partial charge in [-0.3, -0.25) is 9.59 Å². The molecule has 2 saturated heterocycles. The number of carbonyl (C=O) groups excluding carboxylic acids is 2. The van der Waals surface area contributed by atoms with Gasteiger partial charge >= 0.3 is 6.18 Å². The van der Waals surface area contributed by atoms with E-state index in [-0.39, 0.29) is 22.3 Å². The Labute approximate surface area is 145 Å². The van der Waals surface area contributed by atoms with Gasteiger partial charge in [0.05, 0.1) is 5.56 Å². The molecule has 3 heterocycles. The molecule has 132 valence electrons. The average molecular weight is 368 g/mol. The van der Waals surface area contributed by atoms with E-state index in [0.717, 1.165) is 30.6 Å². The number of Topliss-reactive ketones (excluding diaryl/α,β-unsaturated/α-hetero) is 1. The lowest BCUT2D eigenvalue weighted by Gasteiger charge is -2.21. The molecule has 0 aliphatic carbocycles. The highest BCUT2D eigenvalue weighted by Gasteiger charge is 2.44. The molecule has 2 aromatic rings. The molecule has 1 aromatic carbocycles. The fraction of sp³-hybridized carbons (Fsp3) is 0.412. The Bertz CT molecular complexity index is 861. The molecule has 8 heteroatoms. The van der Waals surface area contributed by atoms with E-state index in [0.29, 0.717) is 10.7 Å². The van der Waals surface area contributed by atoms with Crippen LogP contribution in [-0.4, -0.2) is 36.0 Å². The van der Waals surface area contributed by atoms with E-state index in [1.54, 1.807) is 18.2 Å². The van der Waals surface area contributed by atoms with Crippen molar-refractivity contribution in [3.8, 4) is 0 Å². The molecule has 2 aliphatic rings. The minimum atomic E-state index is -5.02. The fourth-order valence-electron chi connectivity index (χ4n) is 3.79. The van der Waals surface area contributed by atoms with Crippen molar-refractivity contribution in [1.82, 2.24) is 10.6 Å². The first kappa shape index (κ1) is 16.5. The van der Waals surface area contributed by atoms with E-state index in [1.165, 1.54) is 6.07 Å². The van der Waals surface area contributed by atoms with Gasteiger partial charge in [-0.2, -0.15) is 13.2 Å². The highest BCUT2D eigenvalue weighted by atomic mass is 32.1. The predicted octanol–water partition coefficient (Wildman–Crippen LogP) is 3.27. The Morgan fingerprint density at radius 3 is 2.60 bits per heavy atom. The van der Waals surface area contributed by atoms with Gasteiger partial charge in [0.15, 0.2) is 0 Å². The monoisotopic (exact) mass is 368 g/mol. The molecule has 0 radical (unpaired) electrons. The molecule has 3 atom stereocenters. The number of rotatable bonds is 3. The Kier molecular flexibility index (Phi) is 3.84. The van der Waals surface area contributed by atoms with Crippen LogP contribution in [-0.2, 0) is 0 Å². The van der Waals surface area contributed by atoms with Gasteiger partial charge in [0.2, 0.25) is 0 Å². The topological polar surface area (TPSA) is 58.2 Å². The van der Waals surface area contributed by atoms with E-state index in [4.69, 9.17) is 0 Å². The zero-order valence-corrected chi connectivity index (χ0v) is 13.8. The van der Waals surface area contributed by atoms with Crippen LogP contribution in [0.4, 0.5) is 13.2 Å². The van der Waals surface area contributed by atoms with Crippen LogP contribution in [0, 0.1) is 0 Å². The third-order valence-corrected chi connectivity index (χ3v) is 6.07. The van der Waals surface area contributed by atoms with Crippen LogP contribution in [0.15, 0.2) is 24.3 Å². The quantitative estimate of drug-likeness (QED) is 0.818. The molecule has 0 unspecified atom stereocenters. The van der Waals surface area contributed by atoms with Crippen LogP contribution in [0.25, 0.3) is 10.1 Å². The van der Waals surface area contributed by atoms with Gasteiger partial charge in [0, 0.05) is 28.2 Å². The summed E-state index contributed by atoms with van der Waals surface area (Å²) in [6.07, 6.45) is -2.26. The second kappa shape index (κ2) is 5.81. The summed E-state index contributed by atoms with van der Waals surface area (Å²) in [4.78, 5) is 24.4. The lowest BCUT2D eigenvalue weighted by molar-refractivity contribution is -0.0884. The number of thiophene rings is 1. The highest BCUT2D eigenvalue weighted by Crippen LogP contribution is 2.36. The summed E-state index contributed by atoms with van der Waals surface area (Å²) in [6.45, 7) is 0. The number of carbonyl (C=O) groups is 2. The van der Waals surface area contributed by atoms with Crippen LogP contribution >= 0.6 is 11.3 Å². The maximum absolute atomic E-state index is 13.0. The molecule has 0 saturated carbocycles. The summed E-state index contributed by atoms with van der Waals surface area (Å²) in [7, 11) is 0. The second-order valence-corrected chi connectivity index (χ2v) is 7.54. The smallest absolute Gasteiger partial charge is 0.347 e. The number of alkyl halides is 3. The zero-order chi connectivity index (χ0) is 17.8. The molecule has 25 heavy (non-hydrogen) atoms. The summed E-state index contributed by atoms with van der Waals surface area (Å²) in [5.41, 5.74) is -0.540. The third-order valence-electron chi connectivity index (χ3n) is 4.90. The maximum Gasteiger partial charge on any atom is 0.454 e. The van der Waals surface area contributed by atoms with Crippen molar-refractivity contribution < 1.29 is 22.8 Å². The van der Waals surface area contributed by atoms with Crippen LogP contribution in [0.2, 0.25) is 0 Å². The molecule has 2 aliphatic heterocycles. The normalized spacial score (nSPS) is 25.5. The van der Waals surface area contributed by atoms with Gasteiger partial charge in [0.25, 0.3) is 11.7 Å². The van der Waals surface area contributed by atoms with Crippen LogP contribution in [0.3, 0.4) is 0 Å². The molecule has 2 bridgehead atoms. The van der Waals surface area contributed by atoms with Crippen molar-refractivity contribution in [2.75, 3.05) is 0 Å². The van der Waals surface area contributed by atoms with Gasteiger partial charge in [-0.1, -0.05) is 18.2 Å². The van der Waals surface area contributed by atoms with Crippen LogP contribution in [0.1, 0.15) is 39.3 Å². The summed E-state index contributed by atoms with van der Waals surface area (Å²) >= 11 is 0.927. The highest BCUT2D eigenvalue weighted by molar-refractivity contribution is 7.21. The van der Waals surface area contributed by atoms with Crippen LogP contribution < -0.4 is 10.6 Å². The third kappa shape index (κ3) is 2.83. The molecule has 2 fully saturated rings. The first-order valence-corrected chi connectivity index (χ1v) is 8.86. The lowest BCUT2D eigenvalue weighted by atomic mass is 9.95. The Balaban J connectivity index is 1.71. The maximum atomic E-state index is 13.0. The summed E-state index contributed by atoms with van der Waals surface area (Å²) in [5.74, 6) is -2.57. The van der Waals surface area contributed by atoms with Crippen molar-refractivity contribution in [1.29, 1.82) is 0 Å². The molecule has 1 aromatic heterocycles. The van der Waals surface area contributed by atoms with E-state index in [9.17, 15) is 22.8 Å². The number of ketones is 1. The molecule has 0 spiro atoms. The molecular formula is C17H15F3N2O2S. The Morgan fingerprint density at radius 2 is 1.96 bits per heavy atom. The van der Waals surface area contributed by atoms with Crippen molar-refractivity contribution >= 4 is 33.1 Å². The minimum Gasteiger partial charge on any atom is -0.347 e. The molecule has 1 amide bonds. The average Bonchev–Trinajstić information content (AvgIpc) is 3.26. The predicted molar refractivity (Wildman–Crippen MR) is 88.0 cm³/mol. The van der Waals surface area contributed by atoms with Gasteiger partial charge in [0.1, 0.15) is 4.88 Å². The van der Waals surface area contributed by atoms with E-state index in [2.05, 4.69) is 10.6 Å². The number of benzene rings is 1. The van der Waals surface area contributed by atoms with Gasteiger partial charge in [-0.15, -0.1) is 11.3 Å². The van der Waals surface area contributed by atoms with Gasteiger partial charge in [-0.25, -0.2) is 0 Å². The van der Waals surface area contributed by atoms with Gasteiger partial charge < -0.3 is 10.6 Å². The molecular weight excluding hydrogens is 353 g/mol. The standard InChI is InChI=1S/C17H15F3N2O2S/c18-17(19,20)15(23)13-9-3-1-2-4-12(9)25-14(13)16(24)22-11-7-8-5-6-10(11)21-8/h1-4,8,10-11,21H,5-7H2,(H,22,24)/t8-,10+,11-/m1/s1. The lowest BCUT2D eigenvalue weighted by Crippen LogP contribution is -2.43. The van der Waals surface area contributed by atoms with E-state index < -0.39 is 23.4 Å². The number of halogens is 3. The number of hydrogen-bond acceptors (Lipinski definition) is 4. The number of hydrogen-bond donors (Lipinski definition) is 2. The minimum absolute atomic E-state index is 0.106. The first-order valence-electron chi connectivity index (χ1n) is 8.04. The molecule has 4 rings (SSSR count). The van der Waals surface area contributed by atoms with Gasteiger partial charge in [-0.05, 0) is 25.3 Å². The number of fused-ring (bicyclic) bond motifs is 3. The van der Waals surface area contributed by atoms with Crippen molar-refractivity contribution in [2.24, 2.45) is 0 Å². The summed E-state index contributed by atoms with van der Waals surface area (Å²) in [5, 5.41) is 6.36. The Morgan fingerprint density at radius 1 is 1.20 bits per heavy atom. The van der Waals surface area contributed by atoms with E-state index >= 15 is 0 Å². The number of amides is 1. The summed E-state index contributed by atoms with van der Waals surface area (Å²) in [6, 6.07) is 6.69. The molecule has 2 N–H and O–H groups in total. The van der Waals surface area contributed by atoms with Crippen molar-refractivity contribution in [3.63, 3.8) is 0 Å². The Hall–Kier alpha value is -1.93. The first-order chi connectivity index (χ1) is 11.8. The van der Waals surface area contributed by atoms with E-state index in [1.807, 2.05) is 0 Å². The largest absolute Gasteiger partial charge is 0.454 e. The van der Waals surface area contributed by atoms with Crippen LogP contribution in [0.5, 0.6) is 0 Å². The molecule has 4 nitrogen and oxygen atoms in total. The SMILES string of the molecule is O=C(N[C@@H]1C[C@H]2CC[C@@H]1N2)c1sc2ccccc2c1C(=O)C(F)(F)F.